The molecule has 2 N–H and O–H groups in total. The van der Waals surface area contributed by atoms with Gasteiger partial charge in [-0.25, -0.2) is 0 Å². The molecule has 3 unspecified atom stereocenters. The summed E-state index contributed by atoms with van der Waals surface area (Å²) in [6.07, 6.45) is 5.29. The number of carbonyl (C=O) groups excluding carboxylic acids is 1. The molecule has 1 heterocycles. The minimum absolute atomic E-state index is 0. The first kappa shape index (κ1) is 15.1. The molecule has 3 atom stereocenters. The van der Waals surface area contributed by atoms with Crippen LogP contribution < -0.4 is 5.73 Å². The molecule has 0 aromatic rings. The maximum absolute atomic E-state index is 12.3. The summed E-state index contributed by atoms with van der Waals surface area (Å²) in [5, 5.41) is 0. The summed E-state index contributed by atoms with van der Waals surface area (Å²) >= 11 is 1.96. The molecular weight excluding hydrogens is 256 g/mol. The third-order valence-corrected chi connectivity index (χ3v) is 5.01. The van der Waals surface area contributed by atoms with Gasteiger partial charge in [-0.2, -0.15) is 11.8 Å². The van der Waals surface area contributed by atoms with Crippen LogP contribution in [-0.2, 0) is 4.79 Å². The summed E-state index contributed by atoms with van der Waals surface area (Å²) in [6.45, 7) is 0. The maximum Gasteiger partial charge on any atom is 0.225 e. The van der Waals surface area contributed by atoms with E-state index < -0.39 is 0 Å². The molecule has 0 aromatic heterocycles. The van der Waals surface area contributed by atoms with E-state index in [0.29, 0.717) is 11.9 Å². The Morgan fingerprint density at radius 2 is 2.12 bits per heavy atom. The van der Waals surface area contributed by atoms with Crippen LogP contribution in [0.1, 0.15) is 32.1 Å². The van der Waals surface area contributed by atoms with Crippen LogP contribution in [-0.4, -0.2) is 41.4 Å². The lowest BCUT2D eigenvalue weighted by Gasteiger charge is -2.32. The van der Waals surface area contributed by atoms with E-state index in [1.165, 1.54) is 5.75 Å². The van der Waals surface area contributed by atoms with Crippen LogP contribution in [0, 0.1) is 5.92 Å². The van der Waals surface area contributed by atoms with Gasteiger partial charge in [-0.3, -0.25) is 4.79 Å². The van der Waals surface area contributed by atoms with Gasteiger partial charge in [-0.05, 0) is 31.4 Å². The fourth-order valence-electron chi connectivity index (χ4n) is 2.75. The molecule has 1 saturated carbocycles. The van der Waals surface area contributed by atoms with Gasteiger partial charge in [-0.15, -0.1) is 12.4 Å². The lowest BCUT2D eigenvalue weighted by Crippen LogP contribution is -2.43. The van der Waals surface area contributed by atoms with Gasteiger partial charge in [0.2, 0.25) is 5.91 Å². The molecule has 1 aliphatic carbocycles. The molecule has 2 fully saturated rings. The predicted octanol–water partition coefficient (Wildman–Crippen LogP) is 1.89. The number of carbonyl (C=O) groups is 1. The summed E-state index contributed by atoms with van der Waals surface area (Å²) in [7, 11) is 1.97. The van der Waals surface area contributed by atoms with E-state index in [1.54, 1.807) is 0 Å². The zero-order valence-corrected chi connectivity index (χ0v) is 12.1. The van der Waals surface area contributed by atoms with E-state index in [0.717, 1.165) is 37.9 Å². The first-order valence-electron chi connectivity index (χ1n) is 6.28. The van der Waals surface area contributed by atoms with Crippen LogP contribution in [0.25, 0.3) is 0 Å². The molecule has 17 heavy (non-hydrogen) atoms. The van der Waals surface area contributed by atoms with Gasteiger partial charge in [0.1, 0.15) is 0 Å². The predicted molar refractivity (Wildman–Crippen MR) is 75.7 cm³/mol. The Hall–Kier alpha value is 0.0700. The van der Waals surface area contributed by atoms with Crippen LogP contribution in [0.15, 0.2) is 0 Å². The van der Waals surface area contributed by atoms with Crippen molar-refractivity contribution in [2.75, 3.05) is 18.6 Å². The number of hydrogen-bond donors (Lipinski definition) is 1. The summed E-state index contributed by atoms with van der Waals surface area (Å²) in [6, 6.07) is 0.713. The summed E-state index contributed by atoms with van der Waals surface area (Å²) in [4.78, 5) is 14.3. The first-order chi connectivity index (χ1) is 7.68. The normalized spacial score (nSPS) is 32.9. The van der Waals surface area contributed by atoms with Crippen molar-refractivity contribution in [3.63, 3.8) is 0 Å². The van der Waals surface area contributed by atoms with Crippen molar-refractivity contribution in [2.24, 2.45) is 11.7 Å². The van der Waals surface area contributed by atoms with Gasteiger partial charge in [0, 0.05) is 30.8 Å². The Morgan fingerprint density at radius 1 is 1.35 bits per heavy atom. The fraction of sp³-hybridized carbons (Fsp3) is 0.917. The smallest absolute Gasteiger partial charge is 0.225 e. The number of thioether (sulfide) groups is 1. The average Bonchev–Trinajstić information content (AvgIpc) is 2.80. The Morgan fingerprint density at radius 3 is 2.71 bits per heavy atom. The number of nitrogens with two attached hydrogens (primary N) is 1. The molecule has 0 bridgehead atoms. The minimum atomic E-state index is 0. The third-order valence-electron chi connectivity index (χ3n) is 3.87. The van der Waals surface area contributed by atoms with Crippen molar-refractivity contribution in [1.29, 1.82) is 0 Å². The highest BCUT2D eigenvalue weighted by Crippen LogP contribution is 2.28. The SMILES string of the molecule is CN(C(=O)C1CCCC(N)C1)C1CCSC1.Cl. The van der Waals surface area contributed by atoms with E-state index in [1.807, 2.05) is 23.7 Å². The van der Waals surface area contributed by atoms with E-state index >= 15 is 0 Å². The number of nitrogens with zero attached hydrogens (tertiary/aromatic N) is 1. The van der Waals surface area contributed by atoms with Crippen molar-refractivity contribution in [3.05, 3.63) is 0 Å². The van der Waals surface area contributed by atoms with Crippen LogP contribution in [0.2, 0.25) is 0 Å². The van der Waals surface area contributed by atoms with E-state index in [9.17, 15) is 4.79 Å². The average molecular weight is 279 g/mol. The largest absolute Gasteiger partial charge is 0.342 e. The van der Waals surface area contributed by atoms with Crippen molar-refractivity contribution in [3.8, 4) is 0 Å². The molecule has 0 radical (unpaired) electrons. The maximum atomic E-state index is 12.3. The van der Waals surface area contributed by atoms with Gasteiger partial charge in [0.15, 0.2) is 0 Å². The first-order valence-corrected chi connectivity index (χ1v) is 7.44. The van der Waals surface area contributed by atoms with Crippen molar-refractivity contribution in [1.82, 2.24) is 4.90 Å². The van der Waals surface area contributed by atoms with E-state index in [2.05, 4.69) is 0 Å². The van der Waals surface area contributed by atoms with Crippen molar-refractivity contribution in [2.45, 2.75) is 44.2 Å². The van der Waals surface area contributed by atoms with Crippen LogP contribution in [0.3, 0.4) is 0 Å². The summed E-state index contributed by atoms with van der Waals surface area (Å²) in [5.74, 6) is 2.84. The number of amides is 1. The Bertz CT molecular complexity index is 255. The number of hydrogen-bond acceptors (Lipinski definition) is 3. The molecule has 1 aliphatic heterocycles. The highest BCUT2D eigenvalue weighted by atomic mass is 35.5. The second kappa shape index (κ2) is 6.86. The quantitative estimate of drug-likeness (QED) is 0.839. The van der Waals surface area contributed by atoms with Crippen LogP contribution >= 0.6 is 24.2 Å². The lowest BCUT2D eigenvalue weighted by atomic mass is 9.85. The van der Waals surface area contributed by atoms with Crippen molar-refractivity contribution < 1.29 is 4.79 Å². The molecule has 0 spiro atoms. The third kappa shape index (κ3) is 3.76. The Balaban J connectivity index is 0.00000144. The molecule has 1 saturated heterocycles. The van der Waals surface area contributed by atoms with Crippen LogP contribution in [0.4, 0.5) is 0 Å². The topological polar surface area (TPSA) is 46.3 Å². The summed E-state index contributed by atoms with van der Waals surface area (Å²) in [5.41, 5.74) is 5.94. The molecule has 2 aliphatic rings. The van der Waals surface area contributed by atoms with Gasteiger partial charge < -0.3 is 10.6 Å². The molecule has 1 amide bonds. The minimum Gasteiger partial charge on any atom is -0.342 e. The molecule has 0 aromatic carbocycles. The molecule has 100 valence electrons. The molecule has 3 nitrogen and oxygen atoms in total. The van der Waals surface area contributed by atoms with Gasteiger partial charge in [-0.1, -0.05) is 6.42 Å². The highest BCUT2D eigenvalue weighted by Gasteiger charge is 2.31. The van der Waals surface area contributed by atoms with Gasteiger partial charge in [0.25, 0.3) is 0 Å². The second-order valence-electron chi connectivity index (χ2n) is 5.09. The van der Waals surface area contributed by atoms with Crippen LogP contribution in [0.5, 0.6) is 0 Å². The van der Waals surface area contributed by atoms with Crippen molar-refractivity contribution >= 4 is 30.1 Å². The zero-order chi connectivity index (χ0) is 11.5. The van der Waals surface area contributed by atoms with Gasteiger partial charge >= 0.3 is 0 Å². The number of halogens is 1. The van der Waals surface area contributed by atoms with E-state index in [4.69, 9.17) is 5.73 Å². The molecule has 5 heteroatoms. The number of rotatable bonds is 2. The molecule has 2 rings (SSSR count). The monoisotopic (exact) mass is 278 g/mol. The molecular formula is C12H23ClN2OS. The standard InChI is InChI=1S/C12H22N2OS.ClH/c1-14(11-5-6-16-8-11)12(15)9-3-2-4-10(13)7-9;/h9-11H,2-8,13H2,1H3;1H. The van der Waals surface area contributed by atoms with Gasteiger partial charge in [0.05, 0.1) is 0 Å². The van der Waals surface area contributed by atoms with E-state index in [-0.39, 0.29) is 24.4 Å². The zero-order valence-electron chi connectivity index (χ0n) is 10.4. The highest BCUT2D eigenvalue weighted by molar-refractivity contribution is 7.99. The fourth-order valence-corrected chi connectivity index (χ4v) is 4.02. The second-order valence-corrected chi connectivity index (χ2v) is 6.24. The summed E-state index contributed by atoms with van der Waals surface area (Å²) < 4.78 is 0. The Kier molecular flexibility index (Phi) is 6.10. The Labute approximate surface area is 114 Å². The lowest BCUT2D eigenvalue weighted by molar-refractivity contribution is -0.137.